The molecule has 9 heteroatoms. The van der Waals surface area contributed by atoms with E-state index in [2.05, 4.69) is 31.4 Å². The third kappa shape index (κ3) is 4.26. The fourth-order valence-corrected chi connectivity index (χ4v) is 4.77. The fourth-order valence-electron chi connectivity index (χ4n) is 3.19. The van der Waals surface area contributed by atoms with Crippen LogP contribution in [0.15, 0.2) is 50.4 Å². The summed E-state index contributed by atoms with van der Waals surface area (Å²) in [5, 5.41) is 13.6. The molecule has 0 atom stereocenters. The van der Waals surface area contributed by atoms with Crippen LogP contribution in [0.1, 0.15) is 11.1 Å². The van der Waals surface area contributed by atoms with Crippen molar-refractivity contribution in [3.8, 4) is 11.6 Å². The summed E-state index contributed by atoms with van der Waals surface area (Å²) in [4.78, 5) is 12.5. The van der Waals surface area contributed by atoms with Crippen molar-refractivity contribution in [2.24, 2.45) is 7.05 Å². The number of aryl methyl sites for hydroxylation is 2. The molecule has 0 saturated heterocycles. The molecule has 0 radical (unpaired) electrons. The highest BCUT2D eigenvalue weighted by atomic mass is 79.9. The minimum atomic E-state index is -0.101. The Balaban J connectivity index is 1.47. The molecule has 4 aromatic rings. The third-order valence-electron chi connectivity index (χ3n) is 4.63. The number of furan rings is 1. The van der Waals surface area contributed by atoms with E-state index in [9.17, 15) is 4.79 Å². The zero-order valence-corrected chi connectivity index (χ0v) is 19.7. The van der Waals surface area contributed by atoms with Gasteiger partial charge >= 0.3 is 0 Å². The molecule has 154 valence electrons. The van der Waals surface area contributed by atoms with E-state index < -0.39 is 0 Å². The molecule has 4 rings (SSSR count). The van der Waals surface area contributed by atoms with Crippen LogP contribution in [0.4, 0.5) is 5.69 Å². The largest absolute Gasteiger partial charge is 0.453 e. The Bertz CT molecular complexity index is 1240. The Morgan fingerprint density at radius 1 is 1.20 bits per heavy atom. The van der Waals surface area contributed by atoms with Crippen LogP contribution in [-0.2, 0) is 11.8 Å². The lowest BCUT2D eigenvalue weighted by molar-refractivity contribution is -0.113. The van der Waals surface area contributed by atoms with Gasteiger partial charge in [-0.25, -0.2) is 0 Å². The fraction of sp³-hybridized carbons (Fsp3) is 0.190. The summed E-state index contributed by atoms with van der Waals surface area (Å²) in [7, 11) is 1.85. The second kappa shape index (κ2) is 8.45. The van der Waals surface area contributed by atoms with Crippen molar-refractivity contribution in [3.05, 3.63) is 57.0 Å². The molecule has 0 fully saturated rings. The first kappa shape index (κ1) is 21.0. The average molecular weight is 506 g/mol. The van der Waals surface area contributed by atoms with Gasteiger partial charge in [-0.05, 0) is 61.4 Å². The lowest BCUT2D eigenvalue weighted by atomic mass is 10.1. The summed E-state index contributed by atoms with van der Waals surface area (Å²) < 4.78 is 8.67. The summed E-state index contributed by atoms with van der Waals surface area (Å²) in [5.41, 5.74) is 3.58. The Kier molecular flexibility index (Phi) is 5.90. The number of thioether (sulfide) groups is 1. The summed E-state index contributed by atoms with van der Waals surface area (Å²) in [5.74, 6) is 1.30. The average Bonchev–Trinajstić information content (AvgIpc) is 3.25. The molecule has 2 aromatic carbocycles. The van der Waals surface area contributed by atoms with Gasteiger partial charge < -0.3 is 14.3 Å². The molecule has 0 aliphatic carbocycles. The first-order chi connectivity index (χ1) is 14.3. The third-order valence-corrected chi connectivity index (χ3v) is 6.34. The number of nitrogens with one attached hydrogen (secondary N) is 1. The van der Waals surface area contributed by atoms with E-state index in [1.807, 2.05) is 55.8 Å². The topological polar surface area (TPSA) is 73.0 Å². The van der Waals surface area contributed by atoms with Crippen LogP contribution in [0.5, 0.6) is 0 Å². The van der Waals surface area contributed by atoms with Crippen molar-refractivity contribution in [1.29, 1.82) is 0 Å². The molecule has 0 bridgehead atoms. The number of carbonyl (C=O) groups excluding carboxylic acids is 1. The van der Waals surface area contributed by atoms with E-state index in [0.717, 1.165) is 32.3 Å². The first-order valence-electron chi connectivity index (χ1n) is 9.10. The van der Waals surface area contributed by atoms with E-state index >= 15 is 0 Å². The van der Waals surface area contributed by atoms with E-state index in [1.54, 1.807) is 6.07 Å². The van der Waals surface area contributed by atoms with Crippen LogP contribution < -0.4 is 5.32 Å². The molecule has 1 amide bonds. The normalized spacial score (nSPS) is 11.2. The standard InChI is InChI=1S/C21H18BrClN4O2S/c1-11-6-14(22)7-12(2)19(11)24-18(28)10-30-21-26-25-20(27(21)3)17-9-13-8-15(23)4-5-16(13)29-17/h4-9H,10H2,1-3H3,(H,24,28). The van der Waals surface area contributed by atoms with Crippen LogP contribution in [0, 0.1) is 13.8 Å². The molecule has 2 heterocycles. The van der Waals surface area contributed by atoms with Gasteiger partial charge in [0, 0.05) is 27.6 Å². The van der Waals surface area contributed by atoms with Gasteiger partial charge in [-0.2, -0.15) is 0 Å². The maximum Gasteiger partial charge on any atom is 0.234 e. The van der Waals surface area contributed by atoms with Crippen LogP contribution >= 0.6 is 39.3 Å². The summed E-state index contributed by atoms with van der Waals surface area (Å²) in [6, 6.07) is 11.3. The molecule has 0 aliphatic heterocycles. The van der Waals surface area contributed by atoms with Crippen LogP contribution in [0.25, 0.3) is 22.6 Å². The zero-order chi connectivity index (χ0) is 21.4. The number of nitrogens with zero attached hydrogens (tertiary/aromatic N) is 3. The SMILES string of the molecule is Cc1cc(Br)cc(C)c1NC(=O)CSc1nnc(-c2cc3cc(Cl)ccc3o2)n1C. The Morgan fingerprint density at radius 2 is 1.93 bits per heavy atom. The second-order valence-electron chi connectivity index (χ2n) is 6.91. The van der Waals surface area contributed by atoms with Gasteiger partial charge in [0.1, 0.15) is 5.58 Å². The number of hydrogen-bond donors (Lipinski definition) is 1. The predicted molar refractivity (Wildman–Crippen MR) is 124 cm³/mol. The second-order valence-corrected chi connectivity index (χ2v) is 9.20. The molecule has 30 heavy (non-hydrogen) atoms. The van der Waals surface area contributed by atoms with Gasteiger partial charge in [-0.1, -0.05) is 39.3 Å². The zero-order valence-electron chi connectivity index (χ0n) is 16.5. The molecule has 6 nitrogen and oxygen atoms in total. The quantitative estimate of drug-likeness (QED) is 0.337. The summed E-state index contributed by atoms with van der Waals surface area (Å²) in [6.07, 6.45) is 0. The van der Waals surface area contributed by atoms with Crippen molar-refractivity contribution in [2.75, 3.05) is 11.1 Å². The first-order valence-corrected chi connectivity index (χ1v) is 11.3. The summed E-state index contributed by atoms with van der Waals surface area (Å²) in [6.45, 7) is 3.94. The van der Waals surface area contributed by atoms with Crippen LogP contribution in [0.3, 0.4) is 0 Å². The monoisotopic (exact) mass is 504 g/mol. The Labute approximate surface area is 191 Å². The van der Waals surface area contributed by atoms with Gasteiger partial charge in [-0.3, -0.25) is 4.79 Å². The molecule has 0 unspecified atom stereocenters. The summed E-state index contributed by atoms with van der Waals surface area (Å²) >= 11 is 10.8. The highest BCUT2D eigenvalue weighted by Gasteiger charge is 2.17. The maximum absolute atomic E-state index is 12.5. The Morgan fingerprint density at radius 3 is 2.67 bits per heavy atom. The van der Waals surface area contributed by atoms with E-state index in [4.69, 9.17) is 16.0 Å². The molecule has 0 spiro atoms. The van der Waals surface area contributed by atoms with Crippen molar-refractivity contribution in [2.45, 2.75) is 19.0 Å². The number of benzene rings is 2. The molecule has 0 saturated carbocycles. The Hall–Kier alpha value is -2.29. The van der Waals surface area contributed by atoms with E-state index in [1.165, 1.54) is 11.8 Å². The minimum absolute atomic E-state index is 0.101. The van der Waals surface area contributed by atoms with Crippen molar-refractivity contribution in [3.63, 3.8) is 0 Å². The van der Waals surface area contributed by atoms with Gasteiger partial charge in [0.15, 0.2) is 16.7 Å². The molecular formula is C21H18BrClN4O2S. The van der Waals surface area contributed by atoms with Crippen LogP contribution in [0.2, 0.25) is 5.02 Å². The molecular weight excluding hydrogens is 488 g/mol. The van der Waals surface area contributed by atoms with E-state index in [-0.39, 0.29) is 11.7 Å². The minimum Gasteiger partial charge on any atom is -0.453 e. The number of fused-ring (bicyclic) bond motifs is 1. The number of carbonyl (C=O) groups is 1. The van der Waals surface area contributed by atoms with Crippen molar-refractivity contribution in [1.82, 2.24) is 14.8 Å². The van der Waals surface area contributed by atoms with E-state index in [0.29, 0.717) is 21.8 Å². The van der Waals surface area contributed by atoms with Gasteiger partial charge in [0.2, 0.25) is 5.91 Å². The molecule has 1 N–H and O–H groups in total. The predicted octanol–water partition coefficient (Wildman–Crippen LogP) is 5.99. The lowest BCUT2D eigenvalue weighted by Crippen LogP contribution is -2.16. The van der Waals surface area contributed by atoms with Crippen molar-refractivity contribution < 1.29 is 9.21 Å². The highest BCUT2D eigenvalue weighted by molar-refractivity contribution is 9.10. The van der Waals surface area contributed by atoms with Crippen LogP contribution in [-0.4, -0.2) is 26.4 Å². The maximum atomic E-state index is 12.5. The smallest absolute Gasteiger partial charge is 0.234 e. The van der Waals surface area contributed by atoms with Gasteiger partial charge in [-0.15, -0.1) is 10.2 Å². The number of hydrogen-bond acceptors (Lipinski definition) is 5. The number of halogens is 2. The number of aromatic nitrogens is 3. The number of rotatable bonds is 5. The van der Waals surface area contributed by atoms with Gasteiger partial charge in [0.05, 0.1) is 5.75 Å². The van der Waals surface area contributed by atoms with Crippen molar-refractivity contribution >= 4 is 61.9 Å². The number of amides is 1. The lowest BCUT2D eigenvalue weighted by Gasteiger charge is -2.12. The van der Waals surface area contributed by atoms with Gasteiger partial charge in [0.25, 0.3) is 0 Å². The highest BCUT2D eigenvalue weighted by Crippen LogP contribution is 2.30. The number of anilines is 1. The molecule has 0 aliphatic rings. The molecule has 2 aromatic heterocycles.